The lowest BCUT2D eigenvalue weighted by Gasteiger charge is -2.04. The third-order valence-corrected chi connectivity index (χ3v) is 8.29. The number of methoxy groups -OCH3 is 2. The molecule has 10 heteroatoms. The number of nitrogens with zero attached hydrogens (tertiary/aromatic N) is 1. The van der Waals surface area contributed by atoms with E-state index in [9.17, 15) is 19.2 Å². The fraction of sp³-hybridized carbons (Fsp3) is 0.286. The summed E-state index contributed by atoms with van der Waals surface area (Å²) in [5, 5.41) is 4.37. The van der Waals surface area contributed by atoms with E-state index in [0.717, 1.165) is 44.6 Å². The third-order valence-electron chi connectivity index (χ3n) is 8.29. The maximum atomic E-state index is 12.5. The Balaban J connectivity index is 1.85. The first kappa shape index (κ1) is 32.7. The van der Waals surface area contributed by atoms with E-state index in [1.54, 1.807) is 32.1 Å². The monoisotopic (exact) mass is 610 g/mol. The van der Waals surface area contributed by atoms with E-state index in [0.29, 0.717) is 46.3 Å². The fourth-order valence-electron chi connectivity index (χ4n) is 5.53. The molecule has 0 spiro atoms. The van der Waals surface area contributed by atoms with Crippen LogP contribution in [0, 0.1) is 13.8 Å². The zero-order chi connectivity index (χ0) is 33.0. The second-order valence-corrected chi connectivity index (χ2v) is 10.9. The number of nitrogens with one attached hydrogen (secondary N) is 3. The van der Waals surface area contributed by atoms with Gasteiger partial charge >= 0.3 is 11.9 Å². The Hall–Kier alpha value is -5.25. The van der Waals surface area contributed by atoms with Gasteiger partial charge in [-0.1, -0.05) is 25.3 Å². The van der Waals surface area contributed by atoms with Crippen molar-refractivity contribution < 1.29 is 28.7 Å². The van der Waals surface area contributed by atoms with Crippen LogP contribution >= 0.6 is 0 Å². The first-order chi connectivity index (χ1) is 21.4. The predicted octanol–water partition coefficient (Wildman–Crippen LogP) is 3.54. The molecule has 2 amide bonds. The van der Waals surface area contributed by atoms with Gasteiger partial charge in [0.05, 0.1) is 25.6 Å². The zero-order valence-corrected chi connectivity index (χ0v) is 26.5. The third kappa shape index (κ3) is 6.64. The molecule has 4 rings (SSSR count). The molecule has 0 fully saturated rings. The lowest BCUT2D eigenvalue weighted by atomic mass is 10.00. The van der Waals surface area contributed by atoms with Crippen molar-refractivity contribution in [3.8, 4) is 0 Å². The van der Waals surface area contributed by atoms with Gasteiger partial charge in [0.1, 0.15) is 0 Å². The quantitative estimate of drug-likeness (QED) is 0.332. The average Bonchev–Trinajstić information content (AvgIpc) is 3.67. The molecular formula is C35H38N4O6. The highest BCUT2D eigenvalue weighted by Crippen LogP contribution is 2.27. The molecule has 2 aliphatic heterocycles. The Kier molecular flexibility index (Phi) is 9.86. The number of H-pyrrole nitrogens is 2. The van der Waals surface area contributed by atoms with Crippen LogP contribution in [0.1, 0.15) is 66.8 Å². The van der Waals surface area contributed by atoms with Gasteiger partial charge in [-0.25, -0.2) is 4.99 Å². The van der Waals surface area contributed by atoms with E-state index in [1.165, 1.54) is 14.2 Å². The number of amides is 2. The number of rotatable bonds is 11. The maximum Gasteiger partial charge on any atom is 0.305 e. The topological polar surface area (TPSA) is 143 Å². The second-order valence-electron chi connectivity index (χ2n) is 10.9. The van der Waals surface area contributed by atoms with Gasteiger partial charge in [-0.2, -0.15) is 0 Å². The van der Waals surface area contributed by atoms with Crippen LogP contribution in [0.4, 0.5) is 0 Å². The van der Waals surface area contributed by atoms with Crippen LogP contribution in [0.15, 0.2) is 52.2 Å². The van der Waals surface area contributed by atoms with E-state index in [2.05, 4.69) is 33.4 Å². The van der Waals surface area contributed by atoms with Crippen molar-refractivity contribution in [3.05, 3.63) is 91.6 Å². The van der Waals surface area contributed by atoms with Crippen LogP contribution in [0.3, 0.4) is 0 Å². The van der Waals surface area contributed by atoms with Gasteiger partial charge in [0.15, 0.2) is 0 Å². The summed E-state index contributed by atoms with van der Waals surface area (Å²) in [6, 6.07) is 0. The highest BCUT2D eigenvalue weighted by molar-refractivity contribution is 6.31. The highest BCUT2D eigenvalue weighted by Gasteiger charge is 2.24. The smallest absolute Gasteiger partial charge is 0.305 e. The molecule has 0 aromatic carbocycles. The molecule has 10 nitrogen and oxygen atoms in total. The van der Waals surface area contributed by atoms with Crippen molar-refractivity contribution in [2.45, 2.75) is 53.4 Å². The molecule has 0 aliphatic carbocycles. The molecule has 2 aliphatic rings. The normalized spacial score (nSPS) is 16.6. The first-order valence-electron chi connectivity index (χ1n) is 14.5. The number of carbonyl (C=O) groups excluding carboxylic acids is 4. The fourth-order valence-corrected chi connectivity index (χ4v) is 5.53. The summed E-state index contributed by atoms with van der Waals surface area (Å²) < 4.78 is 9.67. The van der Waals surface area contributed by atoms with Crippen LogP contribution in [-0.2, 0) is 35.1 Å². The van der Waals surface area contributed by atoms with Crippen molar-refractivity contribution >= 4 is 53.8 Å². The van der Waals surface area contributed by atoms with Crippen molar-refractivity contribution in [3.63, 3.8) is 0 Å². The van der Waals surface area contributed by atoms with E-state index in [4.69, 9.17) is 9.47 Å². The maximum absolute atomic E-state index is 12.5. The van der Waals surface area contributed by atoms with Gasteiger partial charge in [-0.05, 0) is 81.0 Å². The number of ether oxygens (including phenoxy) is 2. The number of aliphatic imine (C=N–C) groups is 1. The molecule has 0 radical (unpaired) electrons. The SMILES string of the molecule is C=CC1=C(C)C(=O)NC1=Cc1[nH]c(C=c2[nH]c(=CC3=NC(=O)C(C)=C3CCC(=O)OC)c(CCC(=O)OC)c2C)c(C=C)c1C. The molecule has 2 aromatic rings. The van der Waals surface area contributed by atoms with Gasteiger partial charge in [-0.15, -0.1) is 0 Å². The Morgan fingerprint density at radius 3 is 2.09 bits per heavy atom. The van der Waals surface area contributed by atoms with Gasteiger partial charge < -0.3 is 24.8 Å². The van der Waals surface area contributed by atoms with Crippen LogP contribution < -0.4 is 16.0 Å². The Labute approximate surface area is 261 Å². The van der Waals surface area contributed by atoms with E-state index in [1.807, 2.05) is 26.0 Å². The number of carbonyl (C=O) groups is 4. The lowest BCUT2D eigenvalue weighted by molar-refractivity contribution is -0.141. The van der Waals surface area contributed by atoms with Gasteiger partial charge in [0.25, 0.3) is 11.8 Å². The summed E-state index contributed by atoms with van der Waals surface area (Å²) in [5.41, 5.74) is 8.84. The standard InChI is InChI=1S/C35H38N4O6/c1-9-22-18(3)26(16-29-23(10-2)20(5)34(42)38-29)36-28(22)15-27-19(4)24(11-13-32(40)44-7)30(37-27)17-31-25(12-14-33(41)45-8)21(6)35(43)39-31/h9-10,15-17,36-37H,1-2,11-14H2,3-8H3,(H,38,42). The minimum Gasteiger partial charge on any atom is -0.469 e. The summed E-state index contributed by atoms with van der Waals surface area (Å²) in [4.78, 5) is 59.9. The highest BCUT2D eigenvalue weighted by atomic mass is 16.5. The Morgan fingerprint density at radius 1 is 0.800 bits per heavy atom. The summed E-state index contributed by atoms with van der Waals surface area (Å²) in [6.07, 6.45) is 10.0. The molecule has 0 bridgehead atoms. The van der Waals surface area contributed by atoms with Gasteiger partial charge in [0.2, 0.25) is 0 Å². The van der Waals surface area contributed by atoms with Crippen LogP contribution in [-0.4, -0.2) is 53.7 Å². The summed E-state index contributed by atoms with van der Waals surface area (Å²) >= 11 is 0. The van der Waals surface area contributed by atoms with Crippen LogP contribution in [0.25, 0.3) is 24.3 Å². The molecule has 0 saturated heterocycles. The van der Waals surface area contributed by atoms with Crippen molar-refractivity contribution in [1.29, 1.82) is 0 Å². The number of allylic oxidation sites excluding steroid dienone is 2. The molecular weight excluding hydrogens is 572 g/mol. The molecule has 234 valence electrons. The molecule has 45 heavy (non-hydrogen) atoms. The van der Waals surface area contributed by atoms with Crippen molar-refractivity contribution in [2.75, 3.05) is 14.2 Å². The van der Waals surface area contributed by atoms with E-state index >= 15 is 0 Å². The van der Waals surface area contributed by atoms with Gasteiger partial charge in [-0.3, -0.25) is 19.2 Å². The van der Waals surface area contributed by atoms with Crippen LogP contribution in [0.2, 0.25) is 0 Å². The minimum atomic E-state index is -0.378. The van der Waals surface area contributed by atoms with Gasteiger partial charge in [0, 0.05) is 57.2 Å². The van der Waals surface area contributed by atoms with E-state index < -0.39 is 0 Å². The number of hydrogen-bond acceptors (Lipinski definition) is 6. The average molecular weight is 611 g/mol. The Bertz CT molecular complexity index is 1890. The number of esters is 2. The van der Waals surface area contributed by atoms with Crippen molar-refractivity contribution in [1.82, 2.24) is 15.3 Å². The molecule has 4 heterocycles. The number of hydrogen-bond donors (Lipinski definition) is 3. The predicted molar refractivity (Wildman–Crippen MR) is 174 cm³/mol. The molecule has 0 atom stereocenters. The second kappa shape index (κ2) is 13.6. The molecule has 0 saturated carbocycles. The lowest BCUT2D eigenvalue weighted by Crippen LogP contribution is -2.16. The number of aromatic amines is 2. The minimum absolute atomic E-state index is 0.115. The Morgan fingerprint density at radius 2 is 1.47 bits per heavy atom. The molecule has 0 unspecified atom stereocenters. The summed E-state index contributed by atoms with van der Waals surface area (Å²) in [7, 11) is 2.67. The largest absolute Gasteiger partial charge is 0.469 e. The van der Waals surface area contributed by atoms with Crippen molar-refractivity contribution in [2.24, 2.45) is 4.99 Å². The zero-order valence-electron chi connectivity index (χ0n) is 26.5. The van der Waals surface area contributed by atoms with E-state index in [-0.39, 0.29) is 36.6 Å². The molecule has 3 N–H and O–H groups in total. The summed E-state index contributed by atoms with van der Waals surface area (Å²) in [5.74, 6) is -1.23. The van der Waals surface area contributed by atoms with Crippen LogP contribution in [0.5, 0.6) is 0 Å². The molecule has 2 aromatic heterocycles. The summed E-state index contributed by atoms with van der Waals surface area (Å²) in [6.45, 7) is 15.2. The number of aromatic nitrogens is 2. The first-order valence-corrected chi connectivity index (χ1v) is 14.5.